The highest BCUT2D eigenvalue weighted by atomic mass is 14.3. The number of hydrogen-bond donors (Lipinski definition) is 0. The lowest BCUT2D eigenvalue weighted by molar-refractivity contribution is 0.591. The first-order chi connectivity index (χ1) is 11.2. The minimum absolute atomic E-state index is 0.135. The highest BCUT2D eigenvalue weighted by Crippen LogP contribution is 2.42. The standard InChI is InChI=1S/C24H30/c1-15(2)19-13-18-8-9-22(24(5,6)7)23(21(18)14-19)20-11-16(3)10-17(4)12-20/h8-12,14-15H,13H2,1-7H3. The zero-order chi connectivity index (χ0) is 17.6. The lowest BCUT2D eigenvalue weighted by atomic mass is 9.79. The highest BCUT2D eigenvalue weighted by molar-refractivity contribution is 5.84. The molecule has 1 aliphatic carbocycles. The minimum atomic E-state index is 0.135. The largest absolute Gasteiger partial charge is 0.0626 e. The average Bonchev–Trinajstić information content (AvgIpc) is 2.88. The Bertz CT molecular complexity index is 790. The van der Waals surface area contributed by atoms with Gasteiger partial charge in [-0.05, 0) is 59.4 Å². The van der Waals surface area contributed by atoms with Gasteiger partial charge in [0.25, 0.3) is 0 Å². The molecule has 0 amide bonds. The third kappa shape index (κ3) is 3.07. The van der Waals surface area contributed by atoms with Crippen molar-refractivity contribution < 1.29 is 0 Å². The monoisotopic (exact) mass is 318 g/mol. The van der Waals surface area contributed by atoms with Gasteiger partial charge in [-0.2, -0.15) is 0 Å². The second kappa shape index (κ2) is 5.92. The predicted octanol–water partition coefficient (Wildman–Crippen LogP) is 6.86. The van der Waals surface area contributed by atoms with E-state index in [0.29, 0.717) is 5.92 Å². The average molecular weight is 319 g/mol. The minimum Gasteiger partial charge on any atom is -0.0626 e. The molecule has 2 aromatic carbocycles. The van der Waals surface area contributed by atoms with E-state index in [4.69, 9.17) is 0 Å². The van der Waals surface area contributed by atoms with Crippen LogP contribution in [0.15, 0.2) is 35.9 Å². The molecular formula is C24H30. The predicted molar refractivity (Wildman–Crippen MR) is 107 cm³/mol. The first-order valence-electron chi connectivity index (χ1n) is 9.12. The van der Waals surface area contributed by atoms with Crippen LogP contribution in [0.4, 0.5) is 0 Å². The van der Waals surface area contributed by atoms with Crippen LogP contribution in [0.25, 0.3) is 17.2 Å². The van der Waals surface area contributed by atoms with Crippen LogP contribution in [-0.2, 0) is 11.8 Å². The zero-order valence-electron chi connectivity index (χ0n) is 16.2. The van der Waals surface area contributed by atoms with Gasteiger partial charge in [-0.1, -0.05) is 87.7 Å². The molecule has 0 fully saturated rings. The van der Waals surface area contributed by atoms with Gasteiger partial charge < -0.3 is 0 Å². The quantitative estimate of drug-likeness (QED) is 0.567. The Hall–Kier alpha value is -1.82. The molecule has 0 atom stereocenters. The molecule has 0 aliphatic heterocycles. The Morgan fingerprint density at radius 2 is 1.54 bits per heavy atom. The number of aryl methyl sites for hydroxylation is 2. The summed E-state index contributed by atoms with van der Waals surface area (Å²) in [7, 11) is 0. The normalized spacial score (nSPS) is 14.1. The summed E-state index contributed by atoms with van der Waals surface area (Å²) in [5.41, 5.74) is 11.6. The van der Waals surface area contributed by atoms with Crippen molar-refractivity contribution in [2.45, 2.75) is 60.3 Å². The summed E-state index contributed by atoms with van der Waals surface area (Å²) in [6.07, 6.45) is 3.57. The molecule has 2 aromatic rings. The van der Waals surface area contributed by atoms with E-state index in [-0.39, 0.29) is 5.41 Å². The number of benzene rings is 2. The van der Waals surface area contributed by atoms with Gasteiger partial charge in [-0.25, -0.2) is 0 Å². The number of hydrogen-bond acceptors (Lipinski definition) is 0. The van der Waals surface area contributed by atoms with Crippen molar-refractivity contribution in [3.8, 4) is 11.1 Å². The van der Waals surface area contributed by atoms with Crippen LogP contribution in [0.5, 0.6) is 0 Å². The maximum Gasteiger partial charge on any atom is -0.00550 e. The Balaban J connectivity index is 2.32. The van der Waals surface area contributed by atoms with E-state index in [1.165, 1.54) is 38.9 Å². The van der Waals surface area contributed by atoms with Crippen molar-refractivity contribution >= 4 is 6.08 Å². The van der Waals surface area contributed by atoms with E-state index in [1.807, 2.05) is 0 Å². The van der Waals surface area contributed by atoms with Crippen molar-refractivity contribution in [2.75, 3.05) is 0 Å². The molecule has 0 nitrogen and oxygen atoms in total. The second-order valence-electron chi connectivity index (χ2n) is 8.74. The number of rotatable bonds is 2. The first kappa shape index (κ1) is 17.0. The molecule has 0 heterocycles. The van der Waals surface area contributed by atoms with Gasteiger partial charge in [0.1, 0.15) is 0 Å². The molecular weight excluding hydrogens is 288 g/mol. The van der Waals surface area contributed by atoms with Crippen LogP contribution in [0.1, 0.15) is 62.4 Å². The summed E-state index contributed by atoms with van der Waals surface area (Å²) in [6, 6.07) is 11.7. The fraction of sp³-hybridized carbons (Fsp3) is 0.417. The van der Waals surface area contributed by atoms with E-state index in [2.05, 4.69) is 84.9 Å². The van der Waals surface area contributed by atoms with E-state index >= 15 is 0 Å². The van der Waals surface area contributed by atoms with E-state index in [0.717, 1.165) is 6.42 Å². The molecule has 24 heavy (non-hydrogen) atoms. The zero-order valence-corrected chi connectivity index (χ0v) is 16.2. The molecule has 0 bridgehead atoms. The Morgan fingerprint density at radius 1 is 0.917 bits per heavy atom. The van der Waals surface area contributed by atoms with Crippen LogP contribution in [0.3, 0.4) is 0 Å². The molecule has 0 heteroatoms. The van der Waals surface area contributed by atoms with Gasteiger partial charge >= 0.3 is 0 Å². The fourth-order valence-corrected chi connectivity index (χ4v) is 3.86. The van der Waals surface area contributed by atoms with E-state index in [1.54, 1.807) is 5.57 Å². The van der Waals surface area contributed by atoms with E-state index < -0.39 is 0 Å². The van der Waals surface area contributed by atoms with Crippen molar-refractivity contribution in [2.24, 2.45) is 5.92 Å². The molecule has 0 saturated carbocycles. The number of allylic oxidation sites excluding steroid dienone is 1. The van der Waals surface area contributed by atoms with Crippen LogP contribution in [0.2, 0.25) is 0 Å². The molecule has 0 aromatic heterocycles. The van der Waals surface area contributed by atoms with Crippen molar-refractivity contribution in [1.82, 2.24) is 0 Å². The summed E-state index contributed by atoms with van der Waals surface area (Å²) >= 11 is 0. The topological polar surface area (TPSA) is 0 Å². The lowest BCUT2D eigenvalue weighted by Crippen LogP contribution is -2.14. The first-order valence-corrected chi connectivity index (χ1v) is 9.12. The third-order valence-corrected chi connectivity index (χ3v) is 5.12. The summed E-state index contributed by atoms with van der Waals surface area (Å²) < 4.78 is 0. The Kier molecular flexibility index (Phi) is 4.20. The third-order valence-electron chi connectivity index (χ3n) is 5.12. The molecule has 0 radical (unpaired) electrons. The van der Waals surface area contributed by atoms with Gasteiger partial charge in [0.15, 0.2) is 0 Å². The molecule has 0 N–H and O–H groups in total. The van der Waals surface area contributed by atoms with Gasteiger partial charge in [0, 0.05) is 0 Å². The summed E-state index contributed by atoms with van der Waals surface area (Å²) in [4.78, 5) is 0. The lowest BCUT2D eigenvalue weighted by Gasteiger charge is -2.25. The summed E-state index contributed by atoms with van der Waals surface area (Å²) in [5, 5.41) is 0. The van der Waals surface area contributed by atoms with Crippen molar-refractivity contribution in [3.05, 3.63) is 63.7 Å². The molecule has 3 rings (SSSR count). The van der Waals surface area contributed by atoms with Crippen molar-refractivity contribution in [1.29, 1.82) is 0 Å². The maximum absolute atomic E-state index is 2.46. The fourth-order valence-electron chi connectivity index (χ4n) is 3.86. The van der Waals surface area contributed by atoms with Crippen LogP contribution < -0.4 is 0 Å². The molecule has 0 saturated heterocycles. The SMILES string of the molecule is Cc1cc(C)cc(-c2c(C(C)(C)C)ccc3c2C=C(C(C)C)C3)c1. The summed E-state index contributed by atoms with van der Waals surface area (Å²) in [6.45, 7) is 16.0. The highest BCUT2D eigenvalue weighted by Gasteiger charge is 2.26. The van der Waals surface area contributed by atoms with E-state index in [9.17, 15) is 0 Å². The van der Waals surface area contributed by atoms with Gasteiger partial charge in [0.2, 0.25) is 0 Å². The molecule has 126 valence electrons. The maximum atomic E-state index is 2.46. The van der Waals surface area contributed by atoms with Crippen LogP contribution in [-0.4, -0.2) is 0 Å². The number of fused-ring (bicyclic) bond motifs is 1. The molecule has 0 spiro atoms. The van der Waals surface area contributed by atoms with Gasteiger partial charge in [-0.3, -0.25) is 0 Å². The van der Waals surface area contributed by atoms with Gasteiger partial charge in [0.05, 0.1) is 0 Å². The van der Waals surface area contributed by atoms with Crippen molar-refractivity contribution in [3.63, 3.8) is 0 Å². The van der Waals surface area contributed by atoms with Crippen LogP contribution >= 0.6 is 0 Å². The van der Waals surface area contributed by atoms with Gasteiger partial charge in [-0.15, -0.1) is 0 Å². The smallest absolute Gasteiger partial charge is 0.00550 e. The second-order valence-corrected chi connectivity index (χ2v) is 8.74. The molecule has 1 aliphatic rings. The van der Waals surface area contributed by atoms with Crippen LogP contribution in [0, 0.1) is 19.8 Å². The Labute approximate surface area is 147 Å². The molecule has 0 unspecified atom stereocenters. The summed E-state index contributed by atoms with van der Waals surface area (Å²) in [5.74, 6) is 0.614. The Morgan fingerprint density at radius 3 is 2.08 bits per heavy atom.